The van der Waals surface area contributed by atoms with Gasteiger partial charge in [-0.05, 0) is 74.2 Å². The number of carbonyl (C=O) groups is 2. The first-order valence-corrected chi connectivity index (χ1v) is 17.3. The number of para-hydroxylation sites is 1. The zero-order chi connectivity index (χ0) is 32.6. The molecule has 45 heavy (non-hydrogen) atoms. The third-order valence-corrected chi connectivity index (χ3v) is 9.74. The lowest BCUT2D eigenvalue weighted by Crippen LogP contribution is -2.54. The van der Waals surface area contributed by atoms with Crippen LogP contribution in [-0.2, 0) is 39.0 Å². The molecule has 2 amide bonds. The van der Waals surface area contributed by atoms with Gasteiger partial charge in [0.05, 0.1) is 10.6 Å². The van der Waals surface area contributed by atoms with Crippen molar-refractivity contribution in [2.75, 3.05) is 10.8 Å². The van der Waals surface area contributed by atoms with Gasteiger partial charge in [0, 0.05) is 23.5 Å². The third kappa shape index (κ3) is 8.83. The summed E-state index contributed by atoms with van der Waals surface area (Å²) >= 11 is 3.52. The summed E-state index contributed by atoms with van der Waals surface area (Å²) < 4.78 is 30.6. The van der Waals surface area contributed by atoms with Crippen LogP contribution in [0.5, 0.6) is 0 Å². The second-order valence-corrected chi connectivity index (χ2v) is 14.1. The molecule has 0 aromatic heterocycles. The van der Waals surface area contributed by atoms with Crippen molar-refractivity contribution < 1.29 is 18.0 Å². The van der Waals surface area contributed by atoms with Crippen molar-refractivity contribution in [1.29, 1.82) is 0 Å². The lowest BCUT2D eigenvalue weighted by atomic mass is 10.0. The van der Waals surface area contributed by atoms with Crippen molar-refractivity contribution in [1.82, 2.24) is 10.2 Å². The van der Waals surface area contributed by atoms with Gasteiger partial charge in [-0.25, -0.2) is 8.42 Å². The van der Waals surface area contributed by atoms with E-state index in [0.717, 1.165) is 26.7 Å². The molecule has 0 aliphatic carbocycles. The quantitative estimate of drug-likeness (QED) is 0.170. The summed E-state index contributed by atoms with van der Waals surface area (Å²) in [6.07, 6.45) is 0.828. The highest BCUT2D eigenvalue weighted by molar-refractivity contribution is 9.10. The van der Waals surface area contributed by atoms with Crippen LogP contribution in [-0.4, -0.2) is 43.8 Å². The number of nitrogens with zero attached hydrogens (tertiary/aromatic N) is 2. The molecule has 0 aliphatic heterocycles. The second-order valence-electron chi connectivity index (χ2n) is 11.3. The van der Waals surface area contributed by atoms with E-state index in [-0.39, 0.29) is 29.8 Å². The van der Waals surface area contributed by atoms with E-state index >= 15 is 0 Å². The number of nitrogens with one attached hydrogen (secondary N) is 1. The van der Waals surface area contributed by atoms with E-state index in [1.165, 1.54) is 9.21 Å². The Hall–Kier alpha value is -3.95. The molecular weight excluding hydrogens is 650 g/mol. The van der Waals surface area contributed by atoms with Crippen LogP contribution in [0.2, 0.25) is 0 Å². The Morgan fingerprint density at radius 2 is 1.49 bits per heavy atom. The second kappa shape index (κ2) is 15.4. The number of amides is 2. The summed E-state index contributed by atoms with van der Waals surface area (Å²) in [5.74, 6) is -0.796. The highest BCUT2D eigenvalue weighted by Gasteiger charge is 2.35. The van der Waals surface area contributed by atoms with E-state index in [0.29, 0.717) is 12.1 Å². The number of aryl methyl sites for hydroxylation is 2. The minimum absolute atomic E-state index is 0.0868. The van der Waals surface area contributed by atoms with Gasteiger partial charge in [-0.1, -0.05) is 101 Å². The Morgan fingerprint density at radius 3 is 2.13 bits per heavy atom. The van der Waals surface area contributed by atoms with Gasteiger partial charge in [-0.3, -0.25) is 13.9 Å². The van der Waals surface area contributed by atoms with Crippen LogP contribution in [0.4, 0.5) is 5.69 Å². The predicted octanol–water partition coefficient (Wildman–Crippen LogP) is 6.68. The average Bonchev–Trinajstić information content (AvgIpc) is 3.01. The largest absolute Gasteiger partial charge is 0.352 e. The monoisotopic (exact) mass is 689 g/mol. The van der Waals surface area contributed by atoms with Crippen molar-refractivity contribution in [3.8, 4) is 0 Å². The first-order valence-electron chi connectivity index (χ1n) is 15.0. The zero-order valence-corrected chi connectivity index (χ0v) is 28.5. The molecule has 0 heterocycles. The summed E-state index contributed by atoms with van der Waals surface area (Å²) in [7, 11) is -4.16. The fraction of sp³-hybridized carbons (Fsp3) is 0.278. The smallest absolute Gasteiger partial charge is 0.264 e. The van der Waals surface area contributed by atoms with Gasteiger partial charge in [0.15, 0.2) is 0 Å². The van der Waals surface area contributed by atoms with Gasteiger partial charge in [0.2, 0.25) is 11.8 Å². The Labute approximate surface area is 275 Å². The maximum Gasteiger partial charge on any atom is 0.264 e. The van der Waals surface area contributed by atoms with E-state index < -0.39 is 28.5 Å². The third-order valence-electron chi connectivity index (χ3n) is 7.47. The number of anilines is 1. The van der Waals surface area contributed by atoms with Crippen LogP contribution in [0, 0.1) is 6.92 Å². The van der Waals surface area contributed by atoms with Crippen LogP contribution < -0.4 is 9.62 Å². The van der Waals surface area contributed by atoms with Crippen LogP contribution in [0.3, 0.4) is 0 Å². The van der Waals surface area contributed by atoms with Gasteiger partial charge < -0.3 is 10.2 Å². The highest BCUT2D eigenvalue weighted by Crippen LogP contribution is 2.29. The van der Waals surface area contributed by atoms with Crippen molar-refractivity contribution in [3.63, 3.8) is 0 Å². The molecule has 1 atom stereocenters. The Balaban J connectivity index is 1.83. The molecule has 4 aromatic rings. The minimum atomic E-state index is -4.16. The van der Waals surface area contributed by atoms with Crippen molar-refractivity contribution in [2.45, 2.75) is 64.1 Å². The Bertz CT molecular complexity index is 1710. The molecule has 7 nitrogen and oxygen atoms in total. The zero-order valence-electron chi connectivity index (χ0n) is 26.1. The Kier molecular flexibility index (Phi) is 11.6. The summed E-state index contributed by atoms with van der Waals surface area (Å²) in [5.41, 5.74) is 3.83. The standard InChI is InChI=1S/C36H40BrN3O4S/c1-5-30-15-9-10-17-33(30)40(45(43,44)32-20-18-27(4)19-21-32)25-35(41)39(24-29-14-11-16-31(37)22-29)34(36(42)38-26(2)3)23-28-12-7-6-8-13-28/h6-22,26,34H,5,23-25H2,1-4H3,(H,38,42). The molecule has 1 unspecified atom stereocenters. The number of benzene rings is 4. The van der Waals surface area contributed by atoms with Crippen LogP contribution >= 0.6 is 15.9 Å². The van der Waals surface area contributed by atoms with Gasteiger partial charge in [-0.15, -0.1) is 0 Å². The summed E-state index contributed by atoms with van der Waals surface area (Å²) in [6.45, 7) is 7.20. The predicted molar refractivity (Wildman–Crippen MR) is 183 cm³/mol. The summed E-state index contributed by atoms with van der Waals surface area (Å²) in [4.78, 5) is 30.0. The SMILES string of the molecule is CCc1ccccc1N(CC(=O)N(Cc1cccc(Br)c1)C(Cc1ccccc1)C(=O)NC(C)C)S(=O)(=O)c1ccc(C)cc1. The molecule has 236 valence electrons. The maximum atomic E-state index is 14.6. The van der Waals surface area contributed by atoms with Crippen molar-refractivity contribution >= 4 is 43.5 Å². The minimum Gasteiger partial charge on any atom is -0.352 e. The van der Waals surface area contributed by atoms with Crippen LogP contribution in [0.15, 0.2) is 112 Å². The van der Waals surface area contributed by atoms with Gasteiger partial charge >= 0.3 is 0 Å². The fourth-order valence-corrected chi connectivity index (χ4v) is 7.07. The molecule has 9 heteroatoms. The molecule has 4 aromatic carbocycles. The molecule has 0 radical (unpaired) electrons. The number of rotatable bonds is 13. The van der Waals surface area contributed by atoms with Gasteiger partial charge in [-0.2, -0.15) is 0 Å². The Morgan fingerprint density at radius 1 is 0.844 bits per heavy atom. The normalized spacial score (nSPS) is 12.0. The van der Waals surface area contributed by atoms with E-state index in [9.17, 15) is 18.0 Å². The van der Waals surface area contributed by atoms with E-state index in [1.807, 2.05) is 94.4 Å². The molecule has 0 saturated heterocycles. The van der Waals surface area contributed by atoms with E-state index in [2.05, 4.69) is 21.2 Å². The van der Waals surface area contributed by atoms with Crippen LogP contribution in [0.1, 0.15) is 43.0 Å². The molecule has 4 rings (SSSR count). The van der Waals surface area contributed by atoms with Gasteiger partial charge in [0.25, 0.3) is 10.0 Å². The first kappa shape index (κ1) is 33.9. The van der Waals surface area contributed by atoms with Crippen LogP contribution in [0.25, 0.3) is 0 Å². The van der Waals surface area contributed by atoms with Gasteiger partial charge in [0.1, 0.15) is 12.6 Å². The number of halogens is 1. The van der Waals surface area contributed by atoms with Crippen molar-refractivity contribution in [2.24, 2.45) is 0 Å². The van der Waals surface area contributed by atoms with E-state index in [1.54, 1.807) is 36.4 Å². The molecule has 0 saturated carbocycles. The fourth-order valence-electron chi connectivity index (χ4n) is 5.17. The first-order chi connectivity index (χ1) is 21.5. The van der Waals surface area contributed by atoms with E-state index in [4.69, 9.17) is 0 Å². The molecular formula is C36H40BrN3O4S. The molecule has 1 N–H and O–H groups in total. The van der Waals surface area contributed by atoms with Crippen molar-refractivity contribution in [3.05, 3.63) is 130 Å². The molecule has 0 fully saturated rings. The average molecular weight is 691 g/mol. The number of carbonyl (C=O) groups excluding carboxylic acids is 2. The number of sulfonamides is 1. The molecule has 0 aliphatic rings. The lowest BCUT2D eigenvalue weighted by Gasteiger charge is -2.34. The number of hydrogen-bond donors (Lipinski definition) is 1. The molecule has 0 bridgehead atoms. The summed E-state index contributed by atoms with van der Waals surface area (Å²) in [5, 5.41) is 2.99. The lowest BCUT2D eigenvalue weighted by molar-refractivity contribution is -0.140. The summed E-state index contributed by atoms with van der Waals surface area (Å²) in [6, 6.07) is 29.8. The highest BCUT2D eigenvalue weighted by atomic mass is 79.9. The topological polar surface area (TPSA) is 86.8 Å². The maximum absolute atomic E-state index is 14.6. The molecule has 0 spiro atoms. The number of hydrogen-bond acceptors (Lipinski definition) is 4.